The molecule has 1 spiro atoms. The smallest absolute Gasteiger partial charge is 0.316 e. The second-order valence-corrected chi connectivity index (χ2v) is 12.6. The van der Waals surface area contributed by atoms with E-state index in [0.717, 1.165) is 32.1 Å². The number of allylic oxidation sites excluding steroid dienone is 4. The van der Waals surface area contributed by atoms with Crippen LogP contribution in [0.15, 0.2) is 52.3 Å². The molecule has 3 fully saturated rings. The Morgan fingerprint density at radius 1 is 1.18 bits per heavy atom. The molecule has 1 aliphatic carbocycles. The highest BCUT2D eigenvalue weighted by Crippen LogP contribution is 2.46. The van der Waals surface area contributed by atoms with Gasteiger partial charge in [-0.05, 0) is 62.5 Å². The number of ether oxygens (including phenoxy) is 4. The number of oxime groups is 1. The van der Waals surface area contributed by atoms with E-state index in [-0.39, 0.29) is 30.4 Å². The summed E-state index contributed by atoms with van der Waals surface area (Å²) >= 11 is 0. The van der Waals surface area contributed by atoms with Crippen molar-refractivity contribution in [3.8, 4) is 0 Å². The van der Waals surface area contributed by atoms with Gasteiger partial charge in [0.15, 0.2) is 5.79 Å². The van der Waals surface area contributed by atoms with Crippen LogP contribution in [0.1, 0.15) is 79.6 Å². The third-order valence-electron chi connectivity index (χ3n) is 9.45. The second kappa shape index (κ2) is 11.6. The van der Waals surface area contributed by atoms with Crippen LogP contribution in [0.2, 0.25) is 0 Å². The molecule has 2 N–H and O–H groups in total. The van der Waals surface area contributed by atoms with Crippen LogP contribution in [0.4, 0.5) is 0 Å². The topological polar surface area (TPSA) is 107 Å². The molecule has 3 saturated heterocycles. The lowest BCUT2D eigenvalue weighted by atomic mass is 9.71. The summed E-state index contributed by atoms with van der Waals surface area (Å²) in [4.78, 5) is 13.9. The van der Waals surface area contributed by atoms with Gasteiger partial charge in [-0.1, -0.05) is 61.9 Å². The first kappa shape index (κ1) is 29.2. The minimum absolute atomic E-state index is 0.0940. The number of carbonyl (C=O) groups excluding carboxylic acids is 1. The van der Waals surface area contributed by atoms with E-state index in [1.807, 2.05) is 12.2 Å². The van der Waals surface area contributed by atoms with Crippen LogP contribution < -0.4 is 0 Å². The van der Waals surface area contributed by atoms with Crippen molar-refractivity contribution in [2.24, 2.45) is 22.9 Å². The SMILES string of the molecule is CCC1OC2(CCC1C)CC1CC(C/C=C(\C)CC(C)/C=C/C=C3\COC4/C(=N\O)C(C)=CC(C(=O)O1)C34O)O2. The molecule has 4 heterocycles. The van der Waals surface area contributed by atoms with Gasteiger partial charge in [-0.15, -0.1) is 0 Å². The van der Waals surface area contributed by atoms with Gasteiger partial charge in [0.2, 0.25) is 0 Å². The first-order valence-corrected chi connectivity index (χ1v) is 14.9. The molecule has 2 bridgehead atoms. The Bertz CT molecular complexity index is 1140. The molecule has 0 aromatic heterocycles. The van der Waals surface area contributed by atoms with Gasteiger partial charge in [-0.25, -0.2) is 0 Å². The maximum atomic E-state index is 13.9. The van der Waals surface area contributed by atoms with Crippen molar-refractivity contribution in [2.75, 3.05) is 6.61 Å². The molecule has 40 heavy (non-hydrogen) atoms. The maximum absolute atomic E-state index is 13.9. The molecule has 220 valence electrons. The molecule has 0 aromatic rings. The Balaban J connectivity index is 1.53. The van der Waals surface area contributed by atoms with Crippen LogP contribution in [-0.4, -0.2) is 64.4 Å². The Labute approximate surface area is 237 Å². The van der Waals surface area contributed by atoms with Gasteiger partial charge < -0.3 is 29.3 Å². The number of esters is 1. The quantitative estimate of drug-likeness (QED) is 0.193. The molecular formula is C32H45NO7. The zero-order valence-corrected chi connectivity index (χ0v) is 24.5. The van der Waals surface area contributed by atoms with E-state index in [9.17, 15) is 15.1 Å². The summed E-state index contributed by atoms with van der Waals surface area (Å²) in [6.45, 7) is 10.5. The van der Waals surface area contributed by atoms with Crippen LogP contribution in [0.25, 0.3) is 0 Å². The molecule has 4 aliphatic heterocycles. The molecule has 8 heteroatoms. The summed E-state index contributed by atoms with van der Waals surface area (Å²) in [7, 11) is 0. The Kier molecular flexibility index (Phi) is 8.44. The lowest BCUT2D eigenvalue weighted by Crippen LogP contribution is -2.57. The highest BCUT2D eigenvalue weighted by atomic mass is 16.7. The van der Waals surface area contributed by atoms with E-state index in [2.05, 4.69) is 45.0 Å². The molecule has 5 aliphatic rings. The number of carbonyl (C=O) groups is 1. The highest BCUT2D eigenvalue weighted by Gasteiger charge is 2.59. The van der Waals surface area contributed by atoms with Gasteiger partial charge in [-0.2, -0.15) is 0 Å². The fourth-order valence-corrected chi connectivity index (χ4v) is 7.22. The Hall–Kier alpha value is -2.26. The van der Waals surface area contributed by atoms with Crippen LogP contribution in [0.3, 0.4) is 0 Å². The van der Waals surface area contributed by atoms with E-state index >= 15 is 0 Å². The van der Waals surface area contributed by atoms with E-state index < -0.39 is 35.5 Å². The van der Waals surface area contributed by atoms with Gasteiger partial charge in [0, 0.05) is 19.3 Å². The van der Waals surface area contributed by atoms with Crippen molar-refractivity contribution in [1.82, 2.24) is 0 Å². The van der Waals surface area contributed by atoms with Crippen molar-refractivity contribution in [2.45, 2.75) is 115 Å². The fourth-order valence-electron chi connectivity index (χ4n) is 7.22. The van der Waals surface area contributed by atoms with Crippen LogP contribution in [-0.2, 0) is 23.7 Å². The van der Waals surface area contributed by atoms with Crippen molar-refractivity contribution >= 4 is 11.7 Å². The zero-order chi connectivity index (χ0) is 28.7. The van der Waals surface area contributed by atoms with E-state index in [0.29, 0.717) is 29.9 Å². The number of rotatable bonds is 1. The molecule has 9 atom stereocenters. The summed E-state index contributed by atoms with van der Waals surface area (Å²) in [5.41, 5.74) is 0.922. The molecular weight excluding hydrogens is 510 g/mol. The average Bonchev–Trinajstić information content (AvgIpc) is 3.24. The average molecular weight is 556 g/mol. The third-order valence-corrected chi connectivity index (χ3v) is 9.45. The largest absolute Gasteiger partial charge is 0.462 e. The van der Waals surface area contributed by atoms with Crippen LogP contribution in [0.5, 0.6) is 0 Å². The summed E-state index contributed by atoms with van der Waals surface area (Å²) in [5, 5.41) is 25.3. The van der Waals surface area contributed by atoms with Crippen LogP contribution >= 0.6 is 0 Å². The third kappa shape index (κ3) is 5.48. The number of nitrogens with zero attached hydrogens (tertiary/aromatic N) is 1. The predicted molar refractivity (Wildman–Crippen MR) is 151 cm³/mol. The number of aliphatic hydroxyl groups is 1. The van der Waals surface area contributed by atoms with E-state index in [1.54, 1.807) is 13.0 Å². The van der Waals surface area contributed by atoms with E-state index in [4.69, 9.17) is 18.9 Å². The zero-order valence-electron chi connectivity index (χ0n) is 24.5. The van der Waals surface area contributed by atoms with Gasteiger partial charge >= 0.3 is 5.97 Å². The normalized spacial score (nSPS) is 47.0. The molecule has 0 radical (unpaired) electrons. The van der Waals surface area contributed by atoms with Gasteiger partial charge in [0.1, 0.15) is 29.4 Å². The number of hydrogen-bond acceptors (Lipinski definition) is 8. The van der Waals surface area contributed by atoms with Crippen molar-refractivity contribution < 1.29 is 34.1 Å². The monoisotopic (exact) mass is 555 g/mol. The lowest BCUT2D eigenvalue weighted by Gasteiger charge is -2.49. The number of fused-ring (bicyclic) bond motifs is 2. The highest BCUT2D eigenvalue weighted by molar-refractivity contribution is 6.06. The summed E-state index contributed by atoms with van der Waals surface area (Å²) in [6, 6.07) is 0. The van der Waals surface area contributed by atoms with Gasteiger partial charge in [0.05, 0.1) is 18.8 Å². The fraction of sp³-hybridized carbons (Fsp3) is 0.688. The lowest BCUT2D eigenvalue weighted by molar-refractivity contribution is -0.335. The van der Waals surface area contributed by atoms with Crippen molar-refractivity contribution in [1.29, 1.82) is 0 Å². The van der Waals surface area contributed by atoms with Crippen molar-refractivity contribution in [3.05, 3.63) is 47.1 Å². The Morgan fingerprint density at radius 2 is 1.98 bits per heavy atom. The maximum Gasteiger partial charge on any atom is 0.316 e. The minimum Gasteiger partial charge on any atom is -0.462 e. The second-order valence-electron chi connectivity index (χ2n) is 12.6. The molecule has 9 unspecified atom stereocenters. The van der Waals surface area contributed by atoms with E-state index in [1.165, 1.54) is 5.57 Å². The number of hydrogen-bond donors (Lipinski definition) is 2. The minimum atomic E-state index is -1.72. The summed E-state index contributed by atoms with van der Waals surface area (Å²) in [5.74, 6) is -1.60. The van der Waals surface area contributed by atoms with Crippen LogP contribution in [0, 0.1) is 17.8 Å². The molecule has 8 nitrogen and oxygen atoms in total. The molecule has 5 rings (SSSR count). The first-order chi connectivity index (χ1) is 19.1. The van der Waals surface area contributed by atoms with Gasteiger partial charge in [-0.3, -0.25) is 4.79 Å². The Morgan fingerprint density at radius 3 is 2.73 bits per heavy atom. The standard InChI is InChI=1S/C32H45NO7/c1-6-27-21(4)12-13-31(40-27)17-25-16-24(39-31)11-10-20(3)14-19(2)8-7-9-23-18-37-29-28(33-36)22(5)15-26(30(34)38-25)32(23,29)35/h7-10,15,19,21,24-27,29,35-36H,6,11-14,16-18H2,1-5H3/b8-7+,20-10+,23-9+,33-28-. The van der Waals surface area contributed by atoms with Crippen molar-refractivity contribution in [3.63, 3.8) is 0 Å². The predicted octanol–water partition coefficient (Wildman–Crippen LogP) is 5.39. The summed E-state index contributed by atoms with van der Waals surface area (Å²) < 4.78 is 25.5. The van der Waals surface area contributed by atoms with Gasteiger partial charge in [0.25, 0.3) is 0 Å². The summed E-state index contributed by atoms with van der Waals surface area (Å²) in [6.07, 6.45) is 13.6. The first-order valence-electron chi connectivity index (χ1n) is 14.9. The molecule has 0 amide bonds. The molecule has 0 aromatic carbocycles. The molecule has 0 saturated carbocycles.